The van der Waals surface area contributed by atoms with Gasteiger partial charge in [-0.25, -0.2) is 4.79 Å². The van der Waals surface area contributed by atoms with Gasteiger partial charge in [-0.05, 0) is 24.0 Å². The van der Waals surface area contributed by atoms with Crippen molar-refractivity contribution in [2.24, 2.45) is 0 Å². The average molecular weight is 262 g/mol. The zero-order valence-electron chi connectivity index (χ0n) is 10.8. The van der Waals surface area contributed by atoms with E-state index < -0.39 is 12.0 Å². The molecule has 1 aromatic rings. The van der Waals surface area contributed by atoms with Gasteiger partial charge in [-0.15, -0.1) is 0 Å². The number of carbonyl (C=O) groups is 2. The molecular formula is C14H18N2O3. The third kappa shape index (κ3) is 3.12. The molecule has 1 aliphatic heterocycles. The molecule has 1 aromatic carbocycles. The Morgan fingerprint density at radius 3 is 2.74 bits per heavy atom. The van der Waals surface area contributed by atoms with Crippen molar-refractivity contribution in [3.05, 3.63) is 35.4 Å². The van der Waals surface area contributed by atoms with Gasteiger partial charge in [-0.1, -0.05) is 31.2 Å². The SMILES string of the molecule is CCC(NC(=O)C1Cc2ccccc2CN1)C(=O)O. The summed E-state index contributed by atoms with van der Waals surface area (Å²) in [6.07, 6.45) is 0.975. The minimum absolute atomic E-state index is 0.247. The molecule has 0 aromatic heterocycles. The number of hydrogen-bond acceptors (Lipinski definition) is 3. The van der Waals surface area contributed by atoms with Crippen LogP contribution in [0.2, 0.25) is 0 Å². The molecule has 19 heavy (non-hydrogen) atoms. The average Bonchev–Trinajstić information content (AvgIpc) is 2.43. The summed E-state index contributed by atoms with van der Waals surface area (Å²) in [5, 5.41) is 14.6. The lowest BCUT2D eigenvalue weighted by atomic mass is 9.95. The molecule has 1 heterocycles. The van der Waals surface area contributed by atoms with Crippen molar-refractivity contribution in [1.82, 2.24) is 10.6 Å². The molecule has 5 nitrogen and oxygen atoms in total. The van der Waals surface area contributed by atoms with Crippen molar-refractivity contribution in [3.8, 4) is 0 Å². The number of carbonyl (C=O) groups excluding carboxylic acids is 1. The number of amides is 1. The molecule has 1 aliphatic rings. The van der Waals surface area contributed by atoms with E-state index in [0.717, 1.165) is 5.56 Å². The fraction of sp³-hybridized carbons (Fsp3) is 0.429. The molecule has 102 valence electrons. The van der Waals surface area contributed by atoms with Crippen LogP contribution in [0.25, 0.3) is 0 Å². The normalized spacial score (nSPS) is 19.3. The van der Waals surface area contributed by atoms with Crippen molar-refractivity contribution >= 4 is 11.9 Å². The van der Waals surface area contributed by atoms with Crippen molar-refractivity contribution in [2.75, 3.05) is 0 Å². The van der Waals surface area contributed by atoms with Crippen molar-refractivity contribution < 1.29 is 14.7 Å². The standard InChI is InChI=1S/C14H18N2O3/c1-2-11(14(18)19)16-13(17)12-7-9-5-3-4-6-10(9)8-15-12/h3-6,11-12,15H,2,7-8H2,1H3,(H,16,17)(H,18,19). The molecule has 1 amide bonds. The monoisotopic (exact) mass is 262 g/mol. The quantitative estimate of drug-likeness (QED) is 0.745. The highest BCUT2D eigenvalue weighted by atomic mass is 16.4. The molecule has 2 unspecified atom stereocenters. The number of rotatable bonds is 4. The molecule has 0 aliphatic carbocycles. The minimum atomic E-state index is -0.993. The van der Waals surface area contributed by atoms with Gasteiger partial charge in [0.05, 0.1) is 6.04 Å². The Hall–Kier alpha value is -1.88. The predicted molar refractivity (Wildman–Crippen MR) is 70.6 cm³/mol. The van der Waals surface area contributed by atoms with Crippen LogP contribution in [-0.2, 0) is 22.6 Å². The number of benzene rings is 1. The first kappa shape index (κ1) is 13.5. The Morgan fingerprint density at radius 1 is 1.42 bits per heavy atom. The van der Waals surface area contributed by atoms with Crippen molar-refractivity contribution in [1.29, 1.82) is 0 Å². The molecule has 3 N–H and O–H groups in total. The first-order chi connectivity index (χ1) is 9.11. The van der Waals surface area contributed by atoms with Gasteiger partial charge >= 0.3 is 5.97 Å². The fourth-order valence-corrected chi connectivity index (χ4v) is 2.25. The van der Waals surface area contributed by atoms with Crippen LogP contribution < -0.4 is 10.6 Å². The highest BCUT2D eigenvalue weighted by Crippen LogP contribution is 2.16. The first-order valence-electron chi connectivity index (χ1n) is 6.45. The van der Waals surface area contributed by atoms with Crippen molar-refractivity contribution in [3.63, 3.8) is 0 Å². The second-order valence-electron chi connectivity index (χ2n) is 4.71. The first-order valence-corrected chi connectivity index (χ1v) is 6.45. The zero-order valence-corrected chi connectivity index (χ0v) is 10.8. The summed E-state index contributed by atoms with van der Waals surface area (Å²) < 4.78 is 0. The van der Waals surface area contributed by atoms with Gasteiger partial charge in [-0.3, -0.25) is 4.79 Å². The lowest BCUT2D eigenvalue weighted by Crippen LogP contribution is -2.52. The van der Waals surface area contributed by atoms with E-state index in [0.29, 0.717) is 19.4 Å². The maximum atomic E-state index is 12.0. The van der Waals surface area contributed by atoms with Crippen LogP contribution >= 0.6 is 0 Å². The summed E-state index contributed by atoms with van der Waals surface area (Å²) in [5.41, 5.74) is 2.33. The highest BCUT2D eigenvalue weighted by Gasteiger charge is 2.27. The Kier molecular flexibility index (Phi) is 4.16. The molecule has 0 spiro atoms. The highest BCUT2D eigenvalue weighted by molar-refractivity contribution is 5.87. The summed E-state index contributed by atoms with van der Waals surface area (Å²) in [5.74, 6) is -1.24. The van der Waals surface area contributed by atoms with Gasteiger partial charge in [0.25, 0.3) is 0 Å². The van der Waals surface area contributed by atoms with E-state index in [9.17, 15) is 9.59 Å². The molecule has 0 bridgehead atoms. The maximum absolute atomic E-state index is 12.0. The fourth-order valence-electron chi connectivity index (χ4n) is 2.25. The van der Waals surface area contributed by atoms with Crippen LogP contribution in [0, 0.1) is 0 Å². The van der Waals surface area contributed by atoms with Gasteiger partial charge in [-0.2, -0.15) is 0 Å². The Labute approximate surface area is 112 Å². The summed E-state index contributed by atoms with van der Waals surface area (Å²) in [6.45, 7) is 2.38. The lowest BCUT2D eigenvalue weighted by Gasteiger charge is -2.26. The van der Waals surface area contributed by atoms with Gasteiger partial charge in [0.1, 0.15) is 6.04 Å². The van der Waals surface area contributed by atoms with E-state index in [-0.39, 0.29) is 11.9 Å². The third-order valence-corrected chi connectivity index (χ3v) is 3.42. The predicted octanol–water partition coefficient (Wildman–Crippen LogP) is 0.680. The van der Waals surface area contributed by atoms with Gasteiger partial charge < -0.3 is 15.7 Å². The molecule has 0 saturated carbocycles. The largest absolute Gasteiger partial charge is 0.480 e. The van der Waals surface area contributed by atoms with Gasteiger partial charge in [0.2, 0.25) is 5.91 Å². The Morgan fingerprint density at radius 2 is 2.11 bits per heavy atom. The molecule has 5 heteroatoms. The number of fused-ring (bicyclic) bond motifs is 1. The summed E-state index contributed by atoms with van der Waals surface area (Å²) >= 11 is 0. The van der Waals surface area contributed by atoms with E-state index in [4.69, 9.17) is 5.11 Å². The van der Waals surface area contributed by atoms with Crippen LogP contribution in [0.15, 0.2) is 24.3 Å². The van der Waals surface area contributed by atoms with Gasteiger partial charge in [0, 0.05) is 6.54 Å². The van der Waals surface area contributed by atoms with E-state index in [1.54, 1.807) is 6.92 Å². The van der Waals surface area contributed by atoms with E-state index in [1.807, 2.05) is 24.3 Å². The maximum Gasteiger partial charge on any atom is 0.326 e. The van der Waals surface area contributed by atoms with Crippen LogP contribution in [0.1, 0.15) is 24.5 Å². The number of hydrogen-bond donors (Lipinski definition) is 3. The molecule has 2 rings (SSSR count). The van der Waals surface area contributed by atoms with Crippen LogP contribution in [0.5, 0.6) is 0 Å². The summed E-state index contributed by atoms with van der Waals surface area (Å²) in [6, 6.07) is 6.78. The van der Waals surface area contributed by atoms with Crippen LogP contribution in [0.3, 0.4) is 0 Å². The number of carboxylic acid groups (broad SMARTS) is 1. The van der Waals surface area contributed by atoms with Crippen LogP contribution in [-0.4, -0.2) is 29.1 Å². The number of aliphatic carboxylic acids is 1. The smallest absolute Gasteiger partial charge is 0.326 e. The molecule has 2 atom stereocenters. The van der Waals surface area contributed by atoms with Gasteiger partial charge in [0.15, 0.2) is 0 Å². The third-order valence-electron chi connectivity index (χ3n) is 3.42. The molecule has 0 fully saturated rings. The summed E-state index contributed by atoms with van der Waals surface area (Å²) in [7, 11) is 0. The zero-order chi connectivity index (χ0) is 13.8. The Balaban J connectivity index is 2.01. The number of nitrogens with one attached hydrogen (secondary N) is 2. The molecular weight excluding hydrogens is 244 g/mol. The Bertz CT molecular complexity index is 487. The second kappa shape index (κ2) is 5.84. The second-order valence-corrected chi connectivity index (χ2v) is 4.71. The molecule has 0 radical (unpaired) electrons. The van der Waals surface area contributed by atoms with E-state index in [2.05, 4.69) is 10.6 Å². The van der Waals surface area contributed by atoms with Crippen molar-refractivity contribution in [2.45, 2.75) is 38.4 Å². The van der Waals surface area contributed by atoms with E-state index >= 15 is 0 Å². The minimum Gasteiger partial charge on any atom is -0.480 e. The topological polar surface area (TPSA) is 78.4 Å². The lowest BCUT2D eigenvalue weighted by molar-refractivity contribution is -0.142. The van der Waals surface area contributed by atoms with Crippen LogP contribution in [0.4, 0.5) is 0 Å². The molecule has 0 saturated heterocycles. The van der Waals surface area contributed by atoms with E-state index in [1.165, 1.54) is 5.56 Å². The summed E-state index contributed by atoms with van der Waals surface area (Å²) in [4.78, 5) is 23.0. The number of carboxylic acids is 1.